The molecule has 0 aliphatic carbocycles. The summed E-state index contributed by atoms with van der Waals surface area (Å²) in [4.78, 5) is 45.2. The Morgan fingerprint density at radius 1 is 0.919 bits per heavy atom. The molecule has 4 heterocycles. The molecule has 0 bridgehead atoms. The molecular formula is C29H21ClN2O5. The Labute approximate surface area is 217 Å². The van der Waals surface area contributed by atoms with Crippen LogP contribution in [0.1, 0.15) is 22.8 Å². The summed E-state index contributed by atoms with van der Waals surface area (Å²) in [5.41, 5.74) is 3.55. The first-order chi connectivity index (χ1) is 17.9. The number of rotatable bonds is 3. The van der Waals surface area contributed by atoms with Crippen molar-refractivity contribution in [2.45, 2.75) is 19.0 Å². The van der Waals surface area contributed by atoms with Gasteiger partial charge in [0, 0.05) is 27.9 Å². The van der Waals surface area contributed by atoms with Gasteiger partial charge >= 0.3 is 0 Å². The van der Waals surface area contributed by atoms with E-state index in [0.29, 0.717) is 27.8 Å². The summed E-state index contributed by atoms with van der Waals surface area (Å²) < 4.78 is 10.9. The van der Waals surface area contributed by atoms with Crippen LogP contribution in [0.2, 0.25) is 5.02 Å². The maximum atomic E-state index is 14.0. The third-order valence-electron chi connectivity index (χ3n) is 7.75. The number of anilines is 2. The van der Waals surface area contributed by atoms with Crippen LogP contribution in [0.4, 0.5) is 11.4 Å². The molecule has 4 atom stereocenters. The van der Waals surface area contributed by atoms with Crippen molar-refractivity contribution in [3.05, 3.63) is 89.0 Å². The molecule has 7 rings (SSSR count). The van der Waals surface area contributed by atoms with Gasteiger partial charge in [-0.3, -0.25) is 14.4 Å². The minimum Gasteiger partial charge on any atom is -0.454 e. The van der Waals surface area contributed by atoms with Crippen LogP contribution in [0.15, 0.2) is 72.8 Å². The smallest absolute Gasteiger partial charge is 0.240 e. The molecule has 0 N–H and O–H groups in total. The Morgan fingerprint density at radius 3 is 2.49 bits per heavy atom. The molecule has 3 aromatic carbocycles. The van der Waals surface area contributed by atoms with Crippen LogP contribution in [0, 0.1) is 11.8 Å². The largest absolute Gasteiger partial charge is 0.454 e. The molecule has 0 radical (unpaired) electrons. The number of Topliss-reactive ketones (excluding diaryl/α,β-unsaturated/α-hetero) is 1. The van der Waals surface area contributed by atoms with Crippen molar-refractivity contribution in [2.24, 2.45) is 11.8 Å². The van der Waals surface area contributed by atoms with Crippen molar-refractivity contribution in [3.8, 4) is 11.5 Å². The second kappa shape index (κ2) is 7.95. The molecule has 2 saturated heterocycles. The minimum absolute atomic E-state index is 0.0874. The lowest BCUT2D eigenvalue weighted by molar-refractivity contribution is -0.122. The monoisotopic (exact) mass is 512 g/mol. The molecule has 8 heteroatoms. The molecule has 0 aromatic heterocycles. The summed E-state index contributed by atoms with van der Waals surface area (Å²) in [6, 6.07) is 18.1. The predicted molar refractivity (Wildman–Crippen MR) is 138 cm³/mol. The van der Waals surface area contributed by atoms with Crippen molar-refractivity contribution < 1.29 is 23.9 Å². The molecule has 4 aliphatic heterocycles. The normalized spacial score (nSPS) is 25.1. The molecule has 184 valence electrons. The summed E-state index contributed by atoms with van der Waals surface area (Å²) >= 11 is 6.30. The third kappa shape index (κ3) is 3.10. The highest BCUT2D eigenvalue weighted by Gasteiger charge is 2.64. The third-order valence-corrected chi connectivity index (χ3v) is 7.99. The summed E-state index contributed by atoms with van der Waals surface area (Å²) in [5.74, 6) is -1.43. The Balaban J connectivity index is 1.38. The number of allylic oxidation sites excluding steroid dienone is 1. The highest BCUT2D eigenvalue weighted by molar-refractivity contribution is 6.31. The van der Waals surface area contributed by atoms with Crippen LogP contribution in [0.25, 0.3) is 5.57 Å². The van der Waals surface area contributed by atoms with Crippen LogP contribution in [0.3, 0.4) is 0 Å². The first-order valence-electron chi connectivity index (χ1n) is 12.1. The molecule has 3 aromatic rings. The number of carbonyl (C=O) groups excluding carboxylic acids is 3. The van der Waals surface area contributed by atoms with Crippen molar-refractivity contribution in [2.75, 3.05) is 16.6 Å². The lowest BCUT2D eigenvalue weighted by atomic mass is 9.85. The SMILES string of the molecule is CC1=C[C@@H]2[C@@H]3C(=O)N(c4ccc5c(c4)OCO5)C(=O)[C@H]3[C@@H](C(=O)c3ccccc3)N2c2ccc(Cl)cc21. The number of halogens is 1. The van der Waals surface area contributed by atoms with Gasteiger partial charge in [-0.2, -0.15) is 0 Å². The van der Waals surface area contributed by atoms with E-state index < -0.39 is 23.9 Å². The second-order valence-electron chi connectivity index (χ2n) is 9.69. The van der Waals surface area contributed by atoms with Crippen LogP contribution in [-0.2, 0) is 9.59 Å². The number of hydrogen-bond acceptors (Lipinski definition) is 6. The predicted octanol–water partition coefficient (Wildman–Crippen LogP) is 4.73. The Morgan fingerprint density at radius 2 is 1.68 bits per heavy atom. The molecule has 4 aliphatic rings. The number of hydrogen-bond donors (Lipinski definition) is 0. The summed E-state index contributed by atoms with van der Waals surface area (Å²) in [6.45, 7) is 2.05. The summed E-state index contributed by atoms with van der Waals surface area (Å²) in [6.07, 6.45) is 1.99. The fourth-order valence-electron chi connectivity index (χ4n) is 6.17. The van der Waals surface area contributed by atoms with Gasteiger partial charge in [-0.25, -0.2) is 4.90 Å². The first kappa shape index (κ1) is 22.1. The number of carbonyl (C=O) groups is 3. The minimum atomic E-state index is -0.850. The van der Waals surface area contributed by atoms with Gasteiger partial charge in [0.1, 0.15) is 6.04 Å². The van der Waals surface area contributed by atoms with Gasteiger partial charge in [-0.1, -0.05) is 48.0 Å². The van der Waals surface area contributed by atoms with Crippen molar-refractivity contribution >= 4 is 46.1 Å². The molecule has 7 nitrogen and oxygen atoms in total. The number of ether oxygens (including phenoxy) is 2. The molecule has 37 heavy (non-hydrogen) atoms. The number of ketones is 1. The van der Waals surface area contributed by atoms with Crippen molar-refractivity contribution in [1.82, 2.24) is 0 Å². The second-order valence-corrected chi connectivity index (χ2v) is 10.1. The maximum absolute atomic E-state index is 14.0. The fourth-order valence-corrected chi connectivity index (χ4v) is 6.34. The van der Waals surface area contributed by atoms with E-state index in [1.165, 1.54) is 4.90 Å². The lowest BCUT2D eigenvalue weighted by Gasteiger charge is -2.38. The van der Waals surface area contributed by atoms with Crippen LogP contribution in [-0.4, -0.2) is 36.5 Å². The highest BCUT2D eigenvalue weighted by Crippen LogP contribution is 2.52. The Kier molecular flexibility index (Phi) is 4.75. The van der Waals surface area contributed by atoms with Gasteiger partial charge in [0.2, 0.25) is 18.6 Å². The van der Waals surface area contributed by atoms with Crippen molar-refractivity contribution in [1.29, 1.82) is 0 Å². The number of nitrogens with zero attached hydrogens (tertiary/aromatic N) is 2. The highest BCUT2D eigenvalue weighted by atomic mass is 35.5. The molecule has 0 saturated carbocycles. The van der Waals surface area contributed by atoms with Gasteiger partial charge in [-0.15, -0.1) is 0 Å². The Hall–Kier alpha value is -4.10. The van der Waals surface area contributed by atoms with E-state index in [9.17, 15) is 14.4 Å². The van der Waals surface area contributed by atoms with E-state index in [2.05, 4.69) is 0 Å². The Bertz CT molecular complexity index is 1530. The van der Waals surface area contributed by atoms with Crippen molar-refractivity contribution in [3.63, 3.8) is 0 Å². The topological polar surface area (TPSA) is 76.1 Å². The average Bonchev–Trinajstić information content (AvgIpc) is 3.57. The van der Waals surface area contributed by atoms with E-state index in [1.54, 1.807) is 48.5 Å². The zero-order chi connectivity index (χ0) is 25.4. The van der Waals surface area contributed by atoms with Crippen LogP contribution < -0.4 is 19.3 Å². The quantitative estimate of drug-likeness (QED) is 0.373. The van der Waals surface area contributed by atoms with E-state index >= 15 is 0 Å². The zero-order valence-corrected chi connectivity index (χ0v) is 20.5. The maximum Gasteiger partial charge on any atom is 0.240 e. The van der Waals surface area contributed by atoms with Gasteiger partial charge in [0.05, 0.1) is 23.6 Å². The number of fused-ring (bicyclic) bond motifs is 6. The van der Waals surface area contributed by atoms with E-state index in [-0.39, 0.29) is 24.4 Å². The molecule has 0 unspecified atom stereocenters. The molecule has 2 fully saturated rings. The standard InChI is InChI=1S/C29H21ClN2O5/c1-15-11-21-24-25(29(35)31(28(24)34)18-8-10-22-23(13-18)37-14-36-22)26(27(33)16-5-3-2-4-6-16)32(21)20-9-7-17(30)12-19(15)20/h2-13,21,24-26H,14H2,1H3/t21-,24+,25-,26+/m1/s1. The molecule has 0 spiro atoms. The van der Waals surface area contributed by atoms with E-state index in [0.717, 1.165) is 16.8 Å². The average molecular weight is 513 g/mol. The fraction of sp³-hybridized carbons (Fsp3) is 0.207. The number of benzene rings is 3. The van der Waals surface area contributed by atoms with Crippen LogP contribution >= 0.6 is 11.6 Å². The van der Waals surface area contributed by atoms with Gasteiger partial charge in [0.25, 0.3) is 0 Å². The zero-order valence-electron chi connectivity index (χ0n) is 19.8. The van der Waals surface area contributed by atoms with Gasteiger partial charge in [-0.05, 0) is 42.8 Å². The first-order valence-corrected chi connectivity index (χ1v) is 12.5. The van der Waals surface area contributed by atoms with Gasteiger partial charge in [0.15, 0.2) is 17.3 Å². The van der Waals surface area contributed by atoms with Gasteiger partial charge < -0.3 is 14.4 Å². The molecule has 2 amide bonds. The van der Waals surface area contributed by atoms with E-state index in [1.807, 2.05) is 36.1 Å². The molecular weight excluding hydrogens is 492 g/mol. The number of imide groups is 1. The summed E-state index contributed by atoms with van der Waals surface area (Å²) in [5, 5.41) is 0.580. The van der Waals surface area contributed by atoms with Crippen LogP contribution in [0.5, 0.6) is 11.5 Å². The van der Waals surface area contributed by atoms with E-state index in [4.69, 9.17) is 21.1 Å². The summed E-state index contributed by atoms with van der Waals surface area (Å²) in [7, 11) is 0. The lowest BCUT2D eigenvalue weighted by Crippen LogP contribution is -2.49. The number of amides is 2.